The summed E-state index contributed by atoms with van der Waals surface area (Å²) in [6, 6.07) is 15.6. The molecule has 0 saturated heterocycles. The van der Waals surface area contributed by atoms with Crippen molar-refractivity contribution >= 4 is 23.3 Å². The van der Waals surface area contributed by atoms with Crippen LogP contribution in [0, 0.1) is 6.92 Å². The highest BCUT2D eigenvalue weighted by molar-refractivity contribution is 7.09. The molecule has 0 aliphatic rings. The number of aromatic nitrogens is 3. The van der Waals surface area contributed by atoms with Crippen LogP contribution in [0.2, 0.25) is 0 Å². The standard InChI is InChI=1S/C25H24N4O2S/c1-18(21-7-9-23(10-8-21)29-13-12-26-17-29)27-25(30)11-6-20-4-3-5-24(14-20)31-15-22-16-32-19(2)28-22/h3-14,16-18H,15H2,1-2H3,(H,27,30)/b11-6+/t18-/m0/s1. The number of imidazole rings is 1. The van der Waals surface area contributed by atoms with Crippen molar-refractivity contribution in [3.63, 3.8) is 0 Å². The molecule has 0 spiro atoms. The van der Waals surface area contributed by atoms with E-state index in [9.17, 15) is 4.79 Å². The molecule has 4 rings (SSSR count). The number of aryl methyl sites for hydroxylation is 1. The SMILES string of the molecule is Cc1nc(COc2cccc(/C=C/C(=O)N[C@@H](C)c3ccc(-n4ccnc4)cc3)c2)cs1. The van der Waals surface area contributed by atoms with Gasteiger partial charge >= 0.3 is 0 Å². The first kappa shape index (κ1) is 21.5. The van der Waals surface area contributed by atoms with E-state index in [2.05, 4.69) is 15.3 Å². The molecule has 0 aliphatic carbocycles. The first-order valence-corrected chi connectivity index (χ1v) is 11.2. The lowest BCUT2D eigenvalue weighted by molar-refractivity contribution is -0.117. The molecular weight excluding hydrogens is 420 g/mol. The summed E-state index contributed by atoms with van der Waals surface area (Å²) >= 11 is 1.61. The molecule has 2 aromatic carbocycles. The third-order valence-electron chi connectivity index (χ3n) is 4.89. The topological polar surface area (TPSA) is 69.0 Å². The smallest absolute Gasteiger partial charge is 0.244 e. The predicted molar refractivity (Wildman–Crippen MR) is 127 cm³/mol. The van der Waals surface area contributed by atoms with Crippen LogP contribution in [0.1, 0.15) is 34.8 Å². The Bertz CT molecular complexity index is 1200. The number of nitrogens with one attached hydrogen (secondary N) is 1. The minimum atomic E-state index is -0.152. The Morgan fingerprint density at radius 1 is 1.25 bits per heavy atom. The number of benzene rings is 2. The highest BCUT2D eigenvalue weighted by atomic mass is 32.1. The summed E-state index contributed by atoms with van der Waals surface area (Å²) in [5, 5.41) is 6.02. The maximum absolute atomic E-state index is 12.4. The van der Waals surface area contributed by atoms with Crippen molar-refractivity contribution < 1.29 is 9.53 Å². The van der Waals surface area contributed by atoms with Crippen LogP contribution in [0.15, 0.2) is 78.7 Å². The zero-order chi connectivity index (χ0) is 22.3. The number of carbonyl (C=O) groups excluding carboxylic acids is 1. The van der Waals surface area contributed by atoms with E-state index in [1.54, 1.807) is 36.0 Å². The number of hydrogen-bond donors (Lipinski definition) is 1. The lowest BCUT2D eigenvalue weighted by Gasteiger charge is -2.14. The summed E-state index contributed by atoms with van der Waals surface area (Å²) in [6.07, 6.45) is 8.71. The molecule has 0 bridgehead atoms. The van der Waals surface area contributed by atoms with E-state index >= 15 is 0 Å². The highest BCUT2D eigenvalue weighted by Gasteiger charge is 2.08. The van der Waals surface area contributed by atoms with E-state index in [0.717, 1.165) is 33.3 Å². The van der Waals surface area contributed by atoms with Gasteiger partial charge in [-0.2, -0.15) is 0 Å². The second kappa shape index (κ2) is 10.1. The largest absolute Gasteiger partial charge is 0.487 e. The van der Waals surface area contributed by atoms with Gasteiger partial charge < -0.3 is 14.6 Å². The van der Waals surface area contributed by atoms with Gasteiger partial charge in [0.1, 0.15) is 12.4 Å². The van der Waals surface area contributed by atoms with Crippen LogP contribution in [0.25, 0.3) is 11.8 Å². The van der Waals surface area contributed by atoms with E-state index < -0.39 is 0 Å². The molecule has 0 unspecified atom stereocenters. The van der Waals surface area contributed by atoms with Gasteiger partial charge in [0.15, 0.2) is 0 Å². The number of thiazole rings is 1. The van der Waals surface area contributed by atoms with E-state index in [0.29, 0.717) is 6.61 Å². The Hall–Kier alpha value is -3.71. The summed E-state index contributed by atoms with van der Waals surface area (Å²) in [5.74, 6) is 0.588. The fourth-order valence-corrected chi connectivity index (χ4v) is 3.80. The Morgan fingerprint density at radius 2 is 2.09 bits per heavy atom. The first-order chi connectivity index (χ1) is 15.6. The molecular formula is C25H24N4O2S. The number of nitrogens with zero attached hydrogens (tertiary/aromatic N) is 3. The van der Waals surface area contributed by atoms with Crippen molar-refractivity contribution in [2.75, 3.05) is 0 Å². The maximum Gasteiger partial charge on any atom is 0.244 e. The fraction of sp³-hybridized carbons (Fsp3) is 0.160. The summed E-state index contributed by atoms with van der Waals surface area (Å²) in [4.78, 5) is 20.9. The van der Waals surface area contributed by atoms with Crippen LogP contribution < -0.4 is 10.1 Å². The van der Waals surface area contributed by atoms with Crippen molar-refractivity contribution in [1.29, 1.82) is 0 Å². The van der Waals surface area contributed by atoms with Crippen molar-refractivity contribution in [2.45, 2.75) is 26.5 Å². The van der Waals surface area contributed by atoms with Gasteiger partial charge in [0.25, 0.3) is 0 Å². The molecule has 1 N–H and O–H groups in total. The lowest BCUT2D eigenvalue weighted by Crippen LogP contribution is -2.24. The average Bonchev–Trinajstić information content (AvgIpc) is 3.49. The third kappa shape index (κ3) is 5.70. The van der Waals surface area contributed by atoms with Gasteiger partial charge in [0.2, 0.25) is 5.91 Å². The van der Waals surface area contributed by atoms with Crippen LogP contribution in [0.5, 0.6) is 5.75 Å². The normalized spacial score (nSPS) is 12.1. The van der Waals surface area contributed by atoms with Crippen molar-refractivity contribution in [3.05, 3.63) is 101 Å². The molecule has 4 aromatic rings. The molecule has 1 atom stereocenters. The van der Waals surface area contributed by atoms with Gasteiger partial charge in [0, 0.05) is 29.5 Å². The van der Waals surface area contributed by atoms with Gasteiger partial charge in [-0.15, -0.1) is 11.3 Å². The minimum absolute atomic E-state index is 0.111. The first-order valence-electron chi connectivity index (χ1n) is 10.3. The predicted octanol–water partition coefficient (Wildman–Crippen LogP) is 5.11. The third-order valence-corrected chi connectivity index (χ3v) is 5.72. The van der Waals surface area contributed by atoms with E-state index in [1.165, 1.54) is 0 Å². The molecule has 6 nitrogen and oxygen atoms in total. The lowest BCUT2D eigenvalue weighted by atomic mass is 10.1. The summed E-state index contributed by atoms with van der Waals surface area (Å²) < 4.78 is 7.75. The Balaban J connectivity index is 1.31. The molecule has 0 aliphatic heterocycles. The van der Waals surface area contributed by atoms with E-state index in [4.69, 9.17) is 4.74 Å². The van der Waals surface area contributed by atoms with Gasteiger partial charge in [-0.05, 0) is 55.3 Å². The maximum atomic E-state index is 12.4. The summed E-state index contributed by atoms with van der Waals surface area (Å²) in [6.45, 7) is 4.36. The zero-order valence-corrected chi connectivity index (χ0v) is 18.8. The Labute approximate surface area is 191 Å². The van der Waals surface area contributed by atoms with Gasteiger partial charge in [-0.3, -0.25) is 4.79 Å². The van der Waals surface area contributed by atoms with Crippen molar-refractivity contribution in [3.8, 4) is 11.4 Å². The molecule has 32 heavy (non-hydrogen) atoms. The quantitative estimate of drug-likeness (QED) is 0.384. The van der Waals surface area contributed by atoms with Gasteiger partial charge in [-0.1, -0.05) is 24.3 Å². The average molecular weight is 445 g/mol. The van der Waals surface area contributed by atoms with Crippen LogP contribution in [0.3, 0.4) is 0 Å². The molecule has 0 fully saturated rings. The number of carbonyl (C=O) groups is 1. The second-order valence-corrected chi connectivity index (χ2v) is 8.41. The number of amides is 1. The molecule has 162 valence electrons. The van der Waals surface area contributed by atoms with Gasteiger partial charge in [-0.25, -0.2) is 9.97 Å². The number of hydrogen-bond acceptors (Lipinski definition) is 5. The van der Waals surface area contributed by atoms with Crippen molar-refractivity contribution in [1.82, 2.24) is 19.9 Å². The van der Waals surface area contributed by atoms with Crippen LogP contribution in [0.4, 0.5) is 0 Å². The van der Waals surface area contributed by atoms with Gasteiger partial charge in [0.05, 0.1) is 23.1 Å². The highest BCUT2D eigenvalue weighted by Crippen LogP contribution is 2.18. The van der Waals surface area contributed by atoms with E-state index in [1.807, 2.05) is 78.5 Å². The van der Waals surface area contributed by atoms with Crippen LogP contribution in [-0.2, 0) is 11.4 Å². The summed E-state index contributed by atoms with van der Waals surface area (Å²) in [7, 11) is 0. The fourth-order valence-electron chi connectivity index (χ4n) is 3.20. The molecule has 2 heterocycles. The summed E-state index contributed by atoms with van der Waals surface area (Å²) in [5.41, 5.74) is 3.87. The van der Waals surface area contributed by atoms with Crippen LogP contribution in [-0.4, -0.2) is 20.4 Å². The molecule has 0 radical (unpaired) electrons. The van der Waals surface area contributed by atoms with E-state index in [-0.39, 0.29) is 11.9 Å². The molecule has 7 heteroatoms. The molecule has 1 amide bonds. The monoisotopic (exact) mass is 444 g/mol. The van der Waals surface area contributed by atoms with Crippen LogP contribution >= 0.6 is 11.3 Å². The van der Waals surface area contributed by atoms with Crippen molar-refractivity contribution in [2.24, 2.45) is 0 Å². The molecule has 2 aromatic heterocycles. The Morgan fingerprint density at radius 3 is 2.81 bits per heavy atom. The zero-order valence-electron chi connectivity index (χ0n) is 17.9. The minimum Gasteiger partial charge on any atom is -0.487 e. The Kier molecular flexibility index (Phi) is 6.77. The number of ether oxygens (including phenoxy) is 1. The molecule has 0 saturated carbocycles. The number of rotatable bonds is 8. The second-order valence-electron chi connectivity index (χ2n) is 7.34.